The number of rotatable bonds is 4. The van der Waals surface area contributed by atoms with Crippen molar-refractivity contribution >= 4 is 11.8 Å². The maximum Gasteiger partial charge on any atom is 0.242 e. The lowest BCUT2D eigenvalue weighted by molar-refractivity contribution is -0.138. The summed E-state index contributed by atoms with van der Waals surface area (Å²) < 4.78 is 0. The molecule has 1 heterocycles. The molecular formula is C17H25N3O2. The van der Waals surface area contributed by atoms with Crippen molar-refractivity contribution in [3.05, 3.63) is 35.9 Å². The highest BCUT2D eigenvalue weighted by molar-refractivity contribution is 5.83. The van der Waals surface area contributed by atoms with Crippen LogP contribution in [0.1, 0.15) is 18.9 Å². The summed E-state index contributed by atoms with van der Waals surface area (Å²) in [6.45, 7) is 5.97. The first-order chi connectivity index (χ1) is 10.6. The first-order valence-corrected chi connectivity index (χ1v) is 7.82. The lowest BCUT2D eigenvalue weighted by Crippen LogP contribution is -2.42. The topological polar surface area (TPSA) is 43.9 Å². The molecule has 5 heteroatoms. The van der Waals surface area contributed by atoms with Crippen LogP contribution in [-0.2, 0) is 16.1 Å². The Morgan fingerprint density at radius 3 is 2.50 bits per heavy atom. The number of hydrogen-bond donors (Lipinski definition) is 0. The van der Waals surface area contributed by atoms with E-state index in [9.17, 15) is 9.59 Å². The van der Waals surface area contributed by atoms with Gasteiger partial charge in [-0.05, 0) is 12.0 Å². The van der Waals surface area contributed by atoms with Gasteiger partial charge in [0.05, 0.1) is 6.54 Å². The second kappa shape index (κ2) is 7.94. The zero-order chi connectivity index (χ0) is 15.9. The van der Waals surface area contributed by atoms with Gasteiger partial charge in [0.15, 0.2) is 0 Å². The third-order valence-corrected chi connectivity index (χ3v) is 4.10. The molecule has 22 heavy (non-hydrogen) atoms. The fraction of sp³-hybridized carbons (Fsp3) is 0.529. The van der Waals surface area contributed by atoms with Gasteiger partial charge in [-0.25, -0.2) is 0 Å². The molecule has 2 amide bonds. The van der Waals surface area contributed by atoms with Crippen LogP contribution >= 0.6 is 0 Å². The molecule has 0 spiro atoms. The van der Waals surface area contributed by atoms with Gasteiger partial charge in [-0.3, -0.25) is 14.5 Å². The molecule has 1 aromatic carbocycles. The monoisotopic (exact) mass is 303 g/mol. The molecule has 120 valence electrons. The van der Waals surface area contributed by atoms with Gasteiger partial charge in [0.2, 0.25) is 11.8 Å². The Labute approximate surface area is 132 Å². The standard InChI is InChI=1S/C17H25N3O2/c1-15(21)18(2)14-17(22)20-10-6-9-19(11-12-20)13-16-7-4-3-5-8-16/h3-5,7-8H,6,9-14H2,1-2H3. The van der Waals surface area contributed by atoms with Crippen molar-refractivity contribution in [2.75, 3.05) is 39.8 Å². The maximum atomic E-state index is 12.2. The molecule has 0 aliphatic carbocycles. The summed E-state index contributed by atoms with van der Waals surface area (Å²) in [7, 11) is 1.67. The molecule has 0 aromatic heterocycles. The van der Waals surface area contributed by atoms with Crippen molar-refractivity contribution in [3.63, 3.8) is 0 Å². The van der Waals surface area contributed by atoms with E-state index in [2.05, 4.69) is 29.2 Å². The van der Waals surface area contributed by atoms with Gasteiger partial charge in [-0.1, -0.05) is 30.3 Å². The zero-order valence-corrected chi connectivity index (χ0v) is 13.5. The van der Waals surface area contributed by atoms with Crippen molar-refractivity contribution < 1.29 is 9.59 Å². The van der Waals surface area contributed by atoms with E-state index in [-0.39, 0.29) is 18.4 Å². The summed E-state index contributed by atoms with van der Waals surface area (Å²) >= 11 is 0. The molecule has 5 nitrogen and oxygen atoms in total. The molecule has 0 bridgehead atoms. The molecule has 0 atom stereocenters. The minimum Gasteiger partial charge on any atom is -0.340 e. The summed E-state index contributed by atoms with van der Waals surface area (Å²) in [6.07, 6.45) is 0.975. The molecule has 0 unspecified atom stereocenters. The number of amides is 2. The molecule has 0 saturated carbocycles. The van der Waals surface area contributed by atoms with Crippen molar-refractivity contribution in [1.82, 2.24) is 14.7 Å². The molecular weight excluding hydrogens is 278 g/mol. The lowest BCUT2D eigenvalue weighted by Gasteiger charge is -2.24. The van der Waals surface area contributed by atoms with Gasteiger partial charge in [0.25, 0.3) is 0 Å². The van der Waals surface area contributed by atoms with Crippen LogP contribution in [0.15, 0.2) is 30.3 Å². The number of hydrogen-bond acceptors (Lipinski definition) is 3. The quantitative estimate of drug-likeness (QED) is 0.839. The van der Waals surface area contributed by atoms with Gasteiger partial charge < -0.3 is 9.80 Å². The average Bonchev–Trinajstić information content (AvgIpc) is 2.74. The molecule has 1 aliphatic heterocycles. The summed E-state index contributed by atoms with van der Waals surface area (Å²) in [5.74, 6) is -0.0341. The molecule has 1 saturated heterocycles. The second-order valence-corrected chi connectivity index (χ2v) is 5.87. The zero-order valence-electron chi connectivity index (χ0n) is 13.5. The maximum absolute atomic E-state index is 12.2. The molecule has 0 N–H and O–H groups in total. The number of benzene rings is 1. The number of carbonyl (C=O) groups excluding carboxylic acids is 2. The first kappa shape index (κ1) is 16.5. The van der Waals surface area contributed by atoms with Gasteiger partial charge in [-0.15, -0.1) is 0 Å². The van der Waals surface area contributed by atoms with Crippen LogP contribution in [0.5, 0.6) is 0 Å². The van der Waals surface area contributed by atoms with Crippen LogP contribution < -0.4 is 0 Å². The van der Waals surface area contributed by atoms with Crippen molar-refractivity contribution in [3.8, 4) is 0 Å². The average molecular weight is 303 g/mol. The Kier molecular flexibility index (Phi) is 5.95. The smallest absolute Gasteiger partial charge is 0.242 e. The van der Waals surface area contributed by atoms with E-state index in [4.69, 9.17) is 0 Å². The fourth-order valence-electron chi connectivity index (χ4n) is 2.63. The minimum absolute atomic E-state index is 0.0410. The van der Waals surface area contributed by atoms with Crippen LogP contribution in [0, 0.1) is 0 Å². The van der Waals surface area contributed by atoms with Gasteiger partial charge in [0.1, 0.15) is 0 Å². The van der Waals surface area contributed by atoms with E-state index in [0.29, 0.717) is 0 Å². The third-order valence-electron chi connectivity index (χ3n) is 4.10. The number of carbonyl (C=O) groups is 2. The highest BCUT2D eigenvalue weighted by Gasteiger charge is 2.20. The summed E-state index contributed by atoms with van der Waals surface area (Å²) in [4.78, 5) is 29.2. The largest absolute Gasteiger partial charge is 0.340 e. The molecule has 2 rings (SSSR count). The van der Waals surface area contributed by atoms with E-state index in [1.165, 1.54) is 17.4 Å². The van der Waals surface area contributed by atoms with Crippen LogP contribution in [0.25, 0.3) is 0 Å². The van der Waals surface area contributed by atoms with Crippen LogP contribution in [-0.4, -0.2) is 66.3 Å². The highest BCUT2D eigenvalue weighted by atomic mass is 16.2. The second-order valence-electron chi connectivity index (χ2n) is 5.87. The third kappa shape index (κ3) is 4.84. The first-order valence-electron chi connectivity index (χ1n) is 7.82. The Hall–Kier alpha value is -1.88. The molecule has 1 aliphatic rings. The SMILES string of the molecule is CC(=O)N(C)CC(=O)N1CCCN(Cc2ccccc2)CC1. The Morgan fingerprint density at radius 1 is 1.09 bits per heavy atom. The van der Waals surface area contributed by atoms with E-state index >= 15 is 0 Å². The van der Waals surface area contributed by atoms with Gasteiger partial charge >= 0.3 is 0 Å². The Bertz CT molecular complexity index is 504. The Morgan fingerprint density at radius 2 is 1.82 bits per heavy atom. The summed E-state index contributed by atoms with van der Waals surface area (Å²) in [6, 6.07) is 10.4. The fourth-order valence-corrected chi connectivity index (χ4v) is 2.63. The molecule has 1 fully saturated rings. The van der Waals surface area contributed by atoms with Crippen molar-refractivity contribution in [2.24, 2.45) is 0 Å². The summed E-state index contributed by atoms with van der Waals surface area (Å²) in [5.41, 5.74) is 1.30. The van der Waals surface area contributed by atoms with E-state index < -0.39 is 0 Å². The van der Waals surface area contributed by atoms with Crippen LogP contribution in [0.3, 0.4) is 0 Å². The van der Waals surface area contributed by atoms with E-state index in [0.717, 1.165) is 39.1 Å². The lowest BCUT2D eigenvalue weighted by atomic mass is 10.2. The van der Waals surface area contributed by atoms with Gasteiger partial charge in [-0.2, -0.15) is 0 Å². The molecule has 1 aromatic rings. The number of nitrogens with zero attached hydrogens (tertiary/aromatic N) is 3. The Balaban J connectivity index is 1.84. The highest BCUT2D eigenvalue weighted by Crippen LogP contribution is 2.09. The van der Waals surface area contributed by atoms with Gasteiger partial charge in [0, 0.05) is 46.7 Å². The predicted molar refractivity (Wildman–Crippen MR) is 86.2 cm³/mol. The minimum atomic E-state index is -0.0751. The van der Waals surface area contributed by atoms with E-state index in [1.54, 1.807) is 7.05 Å². The van der Waals surface area contributed by atoms with E-state index in [1.807, 2.05) is 11.0 Å². The molecule has 0 radical (unpaired) electrons. The van der Waals surface area contributed by atoms with Crippen molar-refractivity contribution in [1.29, 1.82) is 0 Å². The predicted octanol–water partition coefficient (Wildman–Crippen LogP) is 1.20. The van der Waals surface area contributed by atoms with Crippen LogP contribution in [0.4, 0.5) is 0 Å². The van der Waals surface area contributed by atoms with Crippen LogP contribution in [0.2, 0.25) is 0 Å². The van der Waals surface area contributed by atoms with Crippen molar-refractivity contribution in [2.45, 2.75) is 19.9 Å². The number of likely N-dealkylation sites (N-methyl/N-ethyl adjacent to an activating group) is 1. The summed E-state index contributed by atoms with van der Waals surface area (Å²) in [5, 5.41) is 0. The normalized spacial score (nSPS) is 16.2.